The molecule has 3 aromatic rings. The lowest BCUT2D eigenvalue weighted by molar-refractivity contribution is -0.0456. The van der Waals surface area contributed by atoms with Crippen LogP contribution in [-0.4, -0.2) is 47.0 Å². The number of hydrogen-bond donors (Lipinski definition) is 2. The van der Waals surface area contributed by atoms with Gasteiger partial charge in [-0.15, -0.1) is 0 Å². The van der Waals surface area contributed by atoms with E-state index in [-0.39, 0.29) is 6.04 Å². The first-order valence-corrected chi connectivity index (χ1v) is 11.7. The highest BCUT2D eigenvalue weighted by molar-refractivity contribution is 6.37. The van der Waals surface area contributed by atoms with Crippen LogP contribution in [-0.2, 0) is 6.42 Å². The lowest BCUT2D eigenvalue weighted by Gasteiger charge is -2.42. The Kier molecular flexibility index (Phi) is 6.99. The van der Waals surface area contributed by atoms with Crippen molar-refractivity contribution in [3.63, 3.8) is 0 Å². The number of aliphatic hydroxyl groups is 2. The third kappa shape index (κ3) is 4.90. The highest BCUT2D eigenvalue weighted by Crippen LogP contribution is 2.35. The molecule has 0 aromatic heterocycles. The maximum Gasteiger partial charge on any atom is 0.138 e. The summed E-state index contributed by atoms with van der Waals surface area (Å²) in [5.41, 5.74) is 1.21. The zero-order chi connectivity index (χ0) is 22.9. The highest BCUT2D eigenvalue weighted by atomic mass is 35.5. The fourth-order valence-corrected chi connectivity index (χ4v) is 5.05. The second kappa shape index (κ2) is 9.58. The molecular formula is C26H29Cl2NO3. The van der Waals surface area contributed by atoms with Gasteiger partial charge >= 0.3 is 0 Å². The summed E-state index contributed by atoms with van der Waals surface area (Å²) in [4.78, 5) is 2.26. The average Bonchev–Trinajstić information content (AvgIpc) is 2.80. The summed E-state index contributed by atoms with van der Waals surface area (Å²) in [5.74, 6) is 0.639. The van der Waals surface area contributed by atoms with Crippen LogP contribution in [0, 0.1) is 0 Å². The van der Waals surface area contributed by atoms with Gasteiger partial charge in [-0.05, 0) is 60.5 Å². The predicted molar refractivity (Wildman–Crippen MR) is 131 cm³/mol. The molecule has 0 saturated carbocycles. The molecule has 1 saturated heterocycles. The summed E-state index contributed by atoms with van der Waals surface area (Å²) in [6.07, 6.45) is 1.31. The second-order valence-electron chi connectivity index (χ2n) is 8.81. The van der Waals surface area contributed by atoms with Crippen LogP contribution in [0.4, 0.5) is 0 Å². The molecule has 4 rings (SSSR count). The van der Waals surface area contributed by atoms with Gasteiger partial charge in [-0.1, -0.05) is 53.5 Å². The molecule has 1 aliphatic rings. The van der Waals surface area contributed by atoms with Crippen molar-refractivity contribution in [1.82, 2.24) is 4.90 Å². The monoisotopic (exact) mass is 473 g/mol. The number of aliphatic hydroxyl groups excluding tert-OH is 1. The van der Waals surface area contributed by atoms with Crippen molar-refractivity contribution in [2.24, 2.45) is 0 Å². The highest BCUT2D eigenvalue weighted by Gasteiger charge is 2.35. The normalized spacial score (nSPS) is 18.4. The first-order chi connectivity index (χ1) is 15.3. The smallest absolute Gasteiger partial charge is 0.138 e. The van der Waals surface area contributed by atoms with E-state index in [4.69, 9.17) is 27.9 Å². The Hall–Kier alpha value is -1.82. The standard InChI is InChI=1S/C26H29Cl2NO3/c1-17(25(30)20-5-9-22-19(15-20)6-10-23(32-2)24(22)28)29-13-11-26(31,12-14-29)16-18-3-7-21(27)8-4-18/h3-10,15,17,25,30-31H,11-14,16H2,1-2H3. The Morgan fingerprint density at radius 3 is 2.38 bits per heavy atom. The molecule has 4 nitrogen and oxygen atoms in total. The van der Waals surface area contributed by atoms with E-state index in [1.165, 1.54) is 0 Å². The molecule has 1 aliphatic heterocycles. The Balaban J connectivity index is 1.42. The van der Waals surface area contributed by atoms with Gasteiger partial charge in [-0.2, -0.15) is 0 Å². The number of piperidine rings is 1. The third-order valence-corrected chi connectivity index (χ3v) is 7.35. The van der Waals surface area contributed by atoms with Crippen molar-refractivity contribution in [2.45, 2.75) is 43.9 Å². The van der Waals surface area contributed by atoms with Crippen LogP contribution in [0.5, 0.6) is 5.75 Å². The molecule has 170 valence electrons. The van der Waals surface area contributed by atoms with Gasteiger partial charge in [0.2, 0.25) is 0 Å². The summed E-state index contributed by atoms with van der Waals surface area (Å²) >= 11 is 12.4. The minimum absolute atomic E-state index is 0.0683. The van der Waals surface area contributed by atoms with Gasteiger partial charge in [-0.25, -0.2) is 0 Å². The van der Waals surface area contributed by atoms with Crippen molar-refractivity contribution in [2.75, 3.05) is 20.2 Å². The van der Waals surface area contributed by atoms with E-state index in [0.717, 1.165) is 35.0 Å². The zero-order valence-corrected chi connectivity index (χ0v) is 19.9. The van der Waals surface area contributed by atoms with Gasteiger partial charge in [0, 0.05) is 36.0 Å². The quantitative estimate of drug-likeness (QED) is 0.485. The lowest BCUT2D eigenvalue weighted by atomic mass is 9.84. The van der Waals surface area contributed by atoms with E-state index in [9.17, 15) is 10.2 Å². The number of halogens is 2. The van der Waals surface area contributed by atoms with Gasteiger partial charge in [0.1, 0.15) is 5.75 Å². The van der Waals surface area contributed by atoms with Crippen LogP contribution in [0.1, 0.15) is 37.0 Å². The second-order valence-corrected chi connectivity index (χ2v) is 9.63. The number of hydrogen-bond acceptors (Lipinski definition) is 4. The van der Waals surface area contributed by atoms with Crippen LogP contribution in [0.15, 0.2) is 54.6 Å². The first-order valence-electron chi connectivity index (χ1n) is 10.9. The minimum Gasteiger partial charge on any atom is -0.495 e. The number of nitrogens with zero attached hydrogens (tertiary/aromatic N) is 1. The Morgan fingerprint density at radius 2 is 1.72 bits per heavy atom. The average molecular weight is 474 g/mol. The first kappa shape index (κ1) is 23.3. The summed E-state index contributed by atoms with van der Waals surface area (Å²) < 4.78 is 5.29. The summed E-state index contributed by atoms with van der Waals surface area (Å²) in [5, 5.41) is 25.3. The molecule has 32 heavy (non-hydrogen) atoms. The minimum atomic E-state index is -0.728. The lowest BCUT2D eigenvalue weighted by Crippen LogP contribution is -2.49. The Labute approximate surface area is 199 Å². The molecule has 3 aromatic carbocycles. The fourth-order valence-electron chi connectivity index (χ4n) is 4.62. The zero-order valence-electron chi connectivity index (χ0n) is 18.4. The van der Waals surface area contributed by atoms with Gasteiger partial charge < -0.3 is 14.9 Å². The molecule has 0 radical (unpaired) electrons. The van der Waals surface area contributed by atoms with Gasteiger partial charge in [0.05, 0.1) is 23.8 Å². The van der Waals surface area contributed by atoms with Crippen molar-refractivity contribution in [3.8, 4) is 5.75 Å². The van der Waals surface area contributed by atoms with Crippen LogP contribution >= 0.6 is 23.2 Å². The number of ether oxygens (including phenoxy) is 1. The van der Waals surface area contributed by atoms with Crippen LogP contribution in [0.3, 0.4) is 0 Å². The van der Waals surface area contributed by atoms with Gasteiger partial charge in [0.25, 0.3) is 0 Å². The Morgan fingerprint density at radius 1 is 1.03 bits per heavy atom. The molecule has 2 atom stereocenters. The molecule has 2 unspecified atom stereocenters. The van der Waals surface area contributed by atoms with E-state index in [1.54, 1.807) is 7.11 Å². The predicted octanol–water partition coefficient (Wildman–Crippen LogP) is 5.65. The van der Waals surface area contributed by atoms with E-state index >= 15 is 0 Å². The van der Waals surface area contributed by atoms with E-state index < -0.39 is 11.7 Å². The third-order valence-electron chi connectivity index (χ3n) is 6.71. The van der Waals surface area contributed by atoms with Crippen molar-refractivity contribution in [3.05, 3.63) is 75.8 Å². The Bertz CT molecular complexity index is 1080. The maximum absolute atomic E-state index is 11.1. The van der Waals surface area contributed by atoms with Gasteiger partial charge in [-0.3, -0.25) is 4.90 Å². The van der Waals surface area contributed by atoms with Crippen LogP contribution in [0.2, 0.25) is 10.0 Å². The van der Waals surface area contributed by atoms with Gasteiger partial charge in [0.15, 0.2) is 0 Å². The van der Waals surface area contributed by atoms with E-state index in [1.807, 2.05) is 61.5 Å². The SMILES string of the molecule is COc1ccc2cc(C(O)C(C)N3CCC(O)(Cc4ccc(Cl)cc4)CC3)ccc2c1Cl. The summed E-state index contributed by atoms with van der Waals surface area (Å²) in [7, 11) is 1.60. The molecular weight excluding hydrogens is 445 g/mol. The molecule has 1 fully saturated rings. The number of likely N-dealkylation sites (tertiary alicyclic amines) is 1. The van der Waals surface area contributed by atoms with Crippen molar-refractivity contribution < 1.29 is 14.9 Å². The number of rotatable bonds is 6. The number of methoxy groups -OCH3 is 1. The van der Waals surface area contributed by atoms with Crippen LogP contribution in [0.25, 0.3) is 10.8 Å². The molecule has 2 N–H and O–H groups in total. The number of benzene rings is 3. The molecule has 0 amide bonds. The van der Waals surface area contributed by atoms with Crippen molar-refractivity contribution in [1.29, 1.82) is 0 Å². The largest absolute Gasteiger partial charge is 0.495 e. The molecule has 6 heteroatoms. The molecule has 0 aliphatic carbocycles. The summed E-state index contributed by atoms with van der Waals surface area (Å²) in [6, 6.07) is 17.3. The molecule has 0 bridgehead atoms. The van der Waals surface area contributed by atoms with Crippen molar-refractivity contribution >= 4 is 34.0 Å². The van der Waals surface area contributed by atoms with E-state index in [0.29, 0.717) is 35.1 Å². The van der Waals surface area contributed by atoms with Crippen LogP contribution < -0.4 is 4.74 Å². The topological polar surface area (TPSA) is 52.9 Å². The number of fused-ring (bicyclic) bond motifs is 1. The summed E-state index contributed by atoms with van der Waals surface area (Å²) in [6.45, 7) is 3.51. The molecule has 0 spiro atoms. The maximum atomic E-state index is 11.1. The molecule has 1 heterocycles. The fraction of sp³-hybridized carbons (Fsp3) is 0.385. The van der Waals surface area contributed by atoms with E-state index in [2.05, 4.69) is 4.90 Å².